The van der Waals surface area contributed by atoms with Crippen LogP contribution < -0.4 is 0 Å². The fourth-order valence-corrected chi connectivity index (χ4v) is 1.34. The van der Waals surface area contributed by atoms with E-state index in [1.807, 2.05) is 48.3 Å². The van der Waals surface area contributed by atoms with Crippen LogP contribution in [0.15, 0.2) is 61.3 Å². The van der Waals surface area contributed by atoms with Gasteiger partial charge >= 0.3 is 12.1 Å². The van der Waals surface area contributed by atoms with Gasteiger partial charge in [-0.2, -0.15) is 13.2 Å². The number of halogens is 3. The summed E-state index contributed by atoms with van der Waals surface area (Å²) in [5.74, 6) is -2.76. The van der Waals surface area contributed by atoms with Gasteiger partial charge in [-0.1, -0.05) is 24.3 Å². The molecule has 0 aliphatic rings. The summed E-state index contributed by atoms with van der Waals surface area (Å²) in [7, 11) is 1.94. The number of aryl methyl sites for hydroxylation is 1. The highest BCUT2D eigenvalue weighted by molar-refractivity contribution is 5.77. The molecule has 1 N–H and O–H groups in total. The summed E-state index contributed by atoms with van der Waals surface area (Å²) in [5, 5.41) is 8.32. The van der Waals surface area contributed by atoms with Crippen molar-refractivity contribution in [3.05, 3.63) is 61.3 Å². The van der Waals surface area contributed by atoms with E-state index in [0.717, 1.165) is 5.52 Å². The topological polar surface area (TPSA) is 68.0 Å². The third-order valence-corrected chi connectivity index (χ3v) is 2.39. The van der Waals surface area contributed by atoms with Crippen LogP contribution in [0.25, 0.3) is 10.9 Å². The fourth-order valence-electron chi connectivity index (χ4n) is 1.34. The van der Waals surface area contributed by atoms with Crippen molar-refractivity contribution >= 4 is 16.9 Å². The minimum Gasteiger partial charge on any atom is -0.475 e. The van der Waals surface area contributed by atoms with Gasteiger partial charge in [-0.25, -0.2) is 9.78 Å². The van der Waals surface area contributed by atoms with E-state index in [2.05, 4.69) is 22.1 Å². The molecule has 0 fully saturated rings. The van der Waals surface area contributed by atoms with Crippen LogP contribution in [0, 0.1) is 0 Å². The van der Waals surface area contributed by atoms with Crippen molar-refractivity contribution in [3.63, 3.8) is 0 Å². The first-order valence-corrected chi connectivity index (χ1v) is 6.32. The molecule has 0 unspecified atom stereocenters. The van der Waals surface area contributed by atoms with Crippen molar-refractivity contribution in [1.29, 1.82) is 0 Å². The Labute approximate surface area is 130 Å². The van der Waals surface area contributed by atoms with E-state index in [0.29, 0.717) is 0 Å². The maximum absolute atomic E-state index is 10.6. The molecule has 0 atom stereocenters. The number of carboxylic acids is 1. The van der Waals surface area contributed by atoms with Crippen LogP contribution in [0.1, 0.15) is 0 Å². The number of carboxylic acid groups (broad SMARTS) is 1. The Balaban J connectivity index is 0.000000181. The molecule has 3 aromatic rings. The molecule has 0 saturated carbocycles. The Morgan fingerprint density at radius 1 is 1.13 bits per heavy atom. The van der Waals surface area contributed by atoms with E-state index >= 15 is 0 Å². The first-order valence-electron chi connectivity index (χ1n) is 6.32. The molecule has 1 aromatic carbocycles. The van der Waals surface area contributed by atoms with Gasteiger partial charge in [0.25, 0.3) is 0 Å². The molecule has 122 valence electrons. The summed E-state index contributed by atoms with van der Waals surface area (Å²) in [4.78, 5) is 16.9. The predicted octanol–water partition coefficient (Wildman–Crippen LogP) is 3.29. The molecule has 0 saturated heterocycles. The number of carbonyl (C=O) groups is 1. The number of nitrogens with zero attached hydrogens (tertiary/aromatic N) is 3. The summed E-state index contributed by atoms with van der Waals surface area (Å²) >= 11 is 0. The van der Waals surface area contributed by atoms with Crippen molar-refractivity contribution in [2.24, 2.45) is 7.05 Å². The number of imidazole rings is 1. The number of aliphatic carboxylic acids is 1. The second-order valence-electron chi connectivity index (χ2n) is 4.23. The van der Waals surface area contributed by atoms with Gasteiger partial charge in [0.05, 0.1) is 11.8 Å². The lowest BCUT2D eigenvalue weighted by molar-refractivity contribution is -0.192. The molecule has 8 heteroatoms. The van der Waals surface area contributed by atoms with Gasteiger partial charge < -0.3 is 9.67 Å². The quantitative estimate of drug-likeness (QED) is 0.689. The number of pyridine rings is 1. The lowest BCUT2D eigenvalue weighted by Crippen LogP contribution is -2.21. The number of para-hydroxylation sites is 1. The van der Waals surface area contributed by atoms with Gasteiger partial charge in [-0.15, -0.1) is 0 Å². The summed E-state index contributed by atoms with van der Waals surface area (Å²) < 4.78 is 33.6. The summed E-state index contributed by atoms with van der Waals surface area (Å²) in [6, 6.07) is 12.1. The largest absolute Gasteiger partial charge is 0.490 e. The SMILES string of the molecule is Cn1ccnc1.O=C(O)C(F)(F)F.c1ccc2ncccc2c1. The Hall–Kier alpha value is -2.90. The molecule has 2 heterocycles. The number of hydrogen-bond acceptors (Lipinski definition) is 3. The van der Waals surface area contributed by atoms with Crippen molar-refractivity contribution in [2.45, 2.75) is 6.18 Å². The maximum atomic E-state index is 10.6. The fraction of sp³-hybridized carbons (Fsp3) is 0.133. The van der Waals surface area contributed by atoms with Gasteiger partial charge in [-0.05, 0) is 12.1 Å². The number of hydrogen-bond donors (Lipinski definition) is 1. The Bertz CT molecular complexity index is 663. The third-order valence-electron chi connectivity index (χ3n) is 2.39. The molecule has 3 rings (SSSR count). The van der Waals surface area contributed by atoms with E-state index in [-0.39, 0.29) is 0 Å². The van der Waals surface area contributed by atoms with Crippen molar-refractivity contribution in [2.75, 3.05) is 0 Å². The molecule has 2 aromatic heterocycles. The van der Waals surface area contributed by atoms with Gasteiger partial charge in [0.2, 0.25) is 0 Å². The zero-order chi connectivity index (χ0) is 17.3. The van der Waals surface area contributed by atoms with E-state index in [1.54, 1.807) is 12.5 Å². The number of benzene rings is 1. The molecule has 0 radical (unpaired) electrons. The number of alkyl halides is 3. The number of rotatable bonds is 0. The van der Waals surface area contributed by atoms with E-state index < -0.39 is 12.1 Å². The predicted molar refractivity (Wildman–Crippen MR) is 78.6 cm³/mol. The van der Waals surface area contributed by atoms with Crippen molar-refractivity contribution < 1.29 is 23.1 Å². The Morgan fingerprint density at radius 2 is 1.74 bits per heavy atom. The van der Waals surface area contributed by atoms with E-state index in [1.165, 1.54) is 5.39 Å². The molecule has 0 amide bonds. The first kappa shape index (κ1) is 18.1. The van der Waals surface area contributed by atoms with Crippen LogP contribution in [0.4, 0.5) is 13.2 Å². The van der Waals surface area contributed by atoms with Crippen LogP contribution in [0.2, 0.25) is 0 Å². The van der Waals surface area contributed by atoms with E-state index in [9.17, 15) is 13.2 Å². The molecular formula is C15H14F3N3O2. The summed E-state index contributed by atoms with van der Waals surface area (Å²) in [6.07, 6.45) is 2.11. The smallest absolute Gasteiger partial charge is 0.475 e. The number of fused-ring (bicyclic) bond motifs is 1. The third kappa shape index (κ3) is 7.07. The van der Waals surface area contributed by atoms with Crippen molar-refractivity contribution in [3.8, 4) is 0 Å². The molecule has 5 nitrogen and oxygen atoms in total. The molecule has 0 bridgehead atoms. The minimum atomic E-state index is -5.08. The molecule has 0 aliphatic carbocycles. The highest BCUT2D eigenvalue weighted by Gasteiger charge is 2.38. The monoisotopic (exact) mass is 325 g/mol. The van der Waals surface area contributed by atoms with Crippen LogP contribution in [-0.2, 0) is 11.8 Å². The lowest BCUT2D eigenvalue weighted by Gasteiger charge is -1.93. The molecule has 23 heavy (non-hydrogen) atoms. The Morgan fingerprint density at radius 3 is 2.17 bits per heavy atom. The molecule has 0 aliphatic heterocycles. The number of aromatic nitrogens is 3. The molecular weight excluding hydrogens is 311 g/mol. The minimum absolute atomic E-state index is 1.06. The van der Waals surface area contributed by atoms with Gasteiger partial charge in [-0.3, -0.25) is 4.98 Å². The molecule has 0 spiro atoms. The lowest BCUT2D eigenvalue weighted by atomic mass is 10.2. The van der Waals surface area contributed by atoms with Gasteiger partial charge in [0.15, 0.2) is 0 Å². The zero-order valence-corrected chi connectivity index (χ0v) is 12.1. The van der Waals surface area contributed by atoms with E-state index in [4.69, 9.17) is 9.90 Å². The van der Waals surface area contributed by atoms with Crippen molar-refractivity contribution in [1.82, 2.24) is 14.5 Å². The first-order chi connectivity index (χ1) is 10.8. The van der Waals surface area contributed by atoms with Crippen LogP contribution in [0.3, 0.4) is 0 Å². The Kier molecular flexibility index (Phi) is 6.72. The zero-order valence-electron chi connectivity index (χ0n) is 12.1. The van der Waals surface area contributed by atoms with Crippen LogP contribution >= 0.6 is 0 Å². The highest BCUT2D eigenvalue weighted by atomic mass is 19.4. The second kappa shape index (κ2) is 8.52. The second-order valence-corrected chi connectivity index (χ2v) is 4.23. The highest BCUT2D eigenvalue weighted by Crippen LogP contribution is 2.13. The maximum Gasteiger partial charge on any atom is 0.490 e. The summed E-state index contributed by atoms with van der Waals surface area (Å²) in [5.41, 5.74) is 1.06. The normalized spacial score (nSPS) is 10.1. The van der Waals surface area contributed by atoms with Gasteiger partial charge in [0.1, 0.15) is 0 Å². The van der Waals surface area contributed by atoms with Crippen LogP contribution in [0.5, 0.6) is 0 Å². The standard InChI is InChI=1S/C9H7N.C4H6N2.C2HF3O2/c1-2-6-9-8(4-1)5-3-7-10-9;1-6-3-2-5-4-6;3-2(4,5)1(6)7/h1-7H;2-4H,1H3;(H,6,7). The van der Waals surface area contributed by atoms with Crippen LogP contribution in [-0.4, -0.2) is 31.8 Å². The van der Waals surface area contributed by atoms with Gasteiger partial charge in [0, 0.05) is 31.0 Å². The summed E-state index contributed by atoms with van der Waals surface area (Å²) in [6.45, 7) is 0. The average molecular weight is 325 g/mol. The average Bonchev–Trinajstić information content (AvgIpc) is 2.99.